The summed E-state index contributed by atoms with van der Waals surface area (Å²) in [4.78, 5) is 25.5. The number of thioether (sulfide) groups is 1. The molecule has 1 heterocycles. The molecule has 2 aromatic carbocycles. The van der Waals surface area contributed by atoms with Crippen LogP contribution in [0.25, 0.3) is 0 Å². The maximum Gasteiger partial charge on any atom is 0.340 e. The van der Waals surface area contributed by atoms with Crippen molar-refractivity contribution in [3.05, 3.63) is 60.2 Å². The highest BCUT2D eigenvalue weighted by Crippen LogP contribution is 2.33. The summed E-state index contributed by atoms with van der Waals surface area (Å²) >= 11 is 1.37. The van der Waals surface area contributed by atoms with Crippen LogP contribution in [0.1, 0.15) is 23.7 Å². The molecule has 2 atom stereocenters. The highest BCUT2D eigenvalue weighted by Gasteiger charge is 2.30. The minimum absolute atomic E-state index is 0.0854. The number of hydrogen-bond acceptors (Lipinski definition) is 6. The summed E-state index contributed by atoms with van der Waals surface area (Å²) in [5.74, 6) is -0.753. The molecule has 1 saturated heterocycles. The first-order valence-electron chi connectivity index (χ1n) is 8.87. The van der Waals surface area contributed by atoms with Crippen LogP contribution in [0.15, 0.2) is 59.5 Å². The molecule has 0 saturated carbocycles. The number of carbonyl (C=O) groups is 2. The highest BCUT2D eigenvalue weighted by atomic mass is 32.2. The molecule has 1 aliphatic rings. The molecular formula is C20H21NO5S2. The van der Waals surface area contributed by atoms with Gasteiger partial charge in [-0.15, -0.1) is 11.8 Å². The Kier molecular flexibility index (Phi) is 6.41. The van der Waals surface area contributed by atoms with E-state index in [1.807, 2.05) is 6.07 Å². The van der Waals surface area contributed by atoms with Gasteiger partial charge in [0, 0.05) is 15.8 Å². The second-order valence-corrected chi connectivity index (χ2v) is 10.1. The third-order valence-electron chi connectivity index (χ3n) is 4.29. The number of nitrogens with one attached hydrogen (secondary N) is 1. The van der Waals surface area contributed by atoms with E-state index in [2.05, 4.69) is 5.32 Å². The normalized spacial score (nSPS) is 19.0. The topological polar surface area (TPSA) is 89.5 Å². The van der Waals surface area contributed by atoms with Gasteiger partial charge in [-0.25, -0.2) is 13.2 Å². The van der Waals surface area contributed by atoms with E-state index >= 15 is 0 Å². The summed E-state index contributed by atoms with van der Waals surface area (Å²) < 4.78 is 28.7. The molecule has 0 bridgehead atoms. The van der Waals surface area contributed by atoms with Crippen molar-refractivity contribution < 1.29 is 22.7 Å². The number of sulfone groups is 1. The molecule has 0 aromatic heterocycles. The Labute approximate surface area is 168 Å². The van der Waals surface area contributed by atoms with E-state index in [4.69, 9.17) is 4.74 Å². The lowest BCUT2D eigenvalue weighted by Crippen LogP contribution is -2.30. The van der Waals surface area contributed by atoms with Crippen molar-refractivity contribution in [3.8, 4) is 0 Å². The Balaban J connectivity index is 1.65. The van der Waals surface area contributed by atoms with E-state index in [1.54, 1.807) is 48.5 Å². The van der Waals surface area contributed by atoms with Crippen molar-refractivity contribution in [2.75, 3.05) is 16.8 Å². The van der Waals surface area contributed by atoms with Crippen molar-refractivity contribution in [2.45, 2.75) is 29.6 Å². The maximum absolute atomic E-state index is 12.6. The fourth-order valence-corrected chi connectivity index (χ4v) is 6.43. The minimum atomic E-state index is -3.00. The van der Waals surface area contributed by atoms with Crippen molar-refractivity contribution in [2.24, 2.45) is 0 Å². The number of carbonyl (C=O) groups excluding carboxylic acids is 2. The largest absolute Gasteiger partial charge is 0.449 e. The average Bonchev–Trinajstić information content (AvgIpc) is 3.01. The number of para-hydroxylation sites is 1. The number of ether oxygens (including phenoxy) is 1. The van der Waals surface area contributed by atoms with Gasteiger partial charge >= 0.3 is 5.97 Å². The fraction of sp³-hybridized carbons (Fsp3) is 0.300. The summed E-state index contributed by atoms with van der Waals surface area (Å²) in [7, 11) is -3.00. The number of esters is 1. The average molecular weight is 420 g/mol. The van der Waals surface area contributed by atoms with Crippen molar-refractivity contribution in [1.29, 1.82) is 0 Å². The predicted molar refractivity (Wildman–Crippen MR) is 109 cm³/mol. The van der Waals surface area contributed by atoms with Gasteiger partial charge in [0.05, 0.1) is 17.1 Å². The molecule has 1 aliphatic heterocycles. The molecule has 3 rings (SSSR count). The standard InChI is InChI=1S/C20H21NO5S2/c1-14(19(22)21-15-7-3-2-4-8-15)26-20(23)17-9-5-6-10-18(17)27-16-11-12-28(24,25)13-16/h2-10,14,16H,11-13H2,1H3,(H,21,22)/t14-,16+/m1/s1. The van der Waals surface area contributed by atoms with E-state index in [-0.39, 0.29) is 16.8 Å². The van der Waals surface area contributed by atoms with Crippen LogP contribution in [0.5, 0.6) is 0 Å². The molecule has 0 unspecified atom stereocenters. The van der Waals surface area contributed by atoms with E-state index in [1.165, 1.54) is 18.7 Å². The molecule has 28 heavy (non-hydrogen) atoms. The second kappa shape index (κ2) is 8.79. The maximum atomic E-state index is 12.6. The zero-order chi connectivity index (χ0) is 20.1. The van der Waals surface area contributed by atoms with Crippen LogP contribution in [0.4, 0.5) is 5.69 Å². The van der Waals surface area contributed by atoms with Gasteiger partial charge in [0.25, 0.3) is 5.91 Å². The lowest BCUT2D eigenvalue weighted by atomic mass is 10.2. The molecule has 8 heteroatoms. The van der Waals surface area contributed by atoms with Gasteiger partial charge < -0.3 is 10.1 Å². The van der Waals surface area contributed by atoms with Crippen LogP contribution < -0.4 is 5.32 Å². The summed E-state index contributed by atoms with van der Waals surface area (Å²) in [6.07, 6.45) is -0.413. The third kappa shape index (κ3) is 5.36. The molecular weight excluding hydrogens is 398 g/mol. The summed E-state index contributed by atoms with van der Waals surface area (Å²) in [5.41, 5.74) is 0.949. The van der Waals surface area contributed by atoms with Crippen LogP contribution in [-0.2, 0) is 19.4 Å². The number of amides is 1. The number of benzene rings is 2. The molecule has 0 spiro atoms. The van der Waals surface area contributed by atoms with Gasteiger partial charge in [-0.3, -0.25) is 4.79 Å². The molecule has 6 nitrogen and oxygen atoms in total. The SMILES string of the molecule is C[C@@H](OC(=O)c1ccccc1S[C@H]1CCS(=O)(=O)C1)C(=O)Nc1ccccc1. The van der Waals surface area contributed by atoms with Crippen LogP contribution in [0.3, 0.4) is 0 Å². The van der Waals surface area contributed by atoms with Gasteiger partial charge in [0.2, 0.25) is 0 Å². The molecule has 2 aromatic rings. The number of anilines is 1. The quantitative estimate of drug-likeness (QED) is 0.724. The van der Waals surface area contributed by atoms with Crippen molar-refractivity contribution in [1.82, 2.24) is 0 Å². The van der Waals surface area contributed by atoms with Crippen LogP contribution in [0, 0.1) is 0 Å². The molecule has 0 aliphatic carbocycles. The van der Waals surface area contributed by atoms with Gasteiger partial charge in [-0.05, 0) is 37.6 Å². The van der Waals surface area contributed by atoms with E-state index in [0.717, 1.165) is 0 Å². The van der Waals surface area contributed by atoms with Gasteiger partial charge in [0.1, 0.15) is 0 Å². The highest BCUT2D eigenvalue weighted by molar-refractivity contribution is 8.02. The van der Waals surface area contributed by atoms with Gasteiger partial charge in [-0.1, -0.05) is 30.3 Å². The Morgan fingerprint density at radius 2 is 1.79 bits per heavy atom. The van der Waals surface area contributed by atoms with Crippen LogP contribution in [-0.4, -0.2) is 43.2 Å². The smallest absolute Gasteiger partial charge is 0.340 e. The molecule has 1 amide bonds. The predicted octanol–water partition coefficient (Wildman–Crippen LogP) is 3.15. The minimum Gasteiger partial charge on any atom is -0.449 e. The second-order valence-electron chi connectivity index (χ2n) is 6.54. The first-order chi connectivity index (χ1) is 13.3. The fourth-order valence-electron chi connectivity index (χ4n) is 2.81. The number of rotatable bonds is 6. The molecule has 148 valence electrons. The van der Waals surface area contributed by atoms with E-state index in [9.17, 15) is 18.0 Å². The summed E-state index contributed by atoms with van der Waals surface area (Å²) in [6.45, 7) is 1.51. The Hall–Kier alpha value is -2.32. The third-order valence-corrected chi connectivity index (χ3v) is 7.61. The molecule has 0 radical (unpaired) electrons. The monoisotopic (exact) mass is 419 g/mol. The van der Waals surface area contributed by atoms with Crippen LogP contribution in [0.2, 0.25) is 0 Å². The first kappa shape index (κ1) is 20.4. The Morgan fingerprint density at radius 3 is 2.46 bits per heavy atom. The lowest BCUT2D eigenvalue weighted by molar-refractivity contribution is -0.123. The van der Waals surface area contributed by atoms with Gasteiger partial charge in [0.15, 0.2) is 15.9 Å². The Bertz CT molecular complexity index is 960. The van der Waals surface area contributed by atoms with Gasteiger partial charge in [-0.2, -0.15) is 0 Å². The van der Waals surface area contributed by atoms with Crippen molar-refractivity contribution >= 4 is 39.2 Å². The lowest BCUT2D eigenvalue weighted by Gasteiger charge is -2.16. The first-order valence-corrected chi connectivity index (χ1v) is 11.6. The number of hydrogen-bond donors (Lipinski definition) is 1. The van der Waals surface area contributed by atoms with Crippen molar-refractivity contribution in [3.63, 3.8) is 0 Å². The molecule has 1 N–H and O–H groups in total. The Morgan fingerprint density at radius 1 is 1.11 bits per heavy atom. The van der Waals surface area contributed by atoms with E-state index < -0.39 is 27.8 Å². The summed E-state index contributed by atoms with van der Waals surface area (Å²) in [5, 5.41) is 2.61. The zero-order valence-electron chi connectivity index (χ0n) is 15.3. The zero-order valence-corrected chi connectivity index (χ0v) is 17.0. The summed E-state index contributed by atoms with van der Waals surface area (Å²) in [6, 6.07) is 15.8. The molecule has 1 fully saturated rings. The van der Waals surface area contributed by atoms with Crippen LogP contribution >= 0.6 is 11.8 Å². The van der Waals surface area contributed by atoms with E-state index in [0.29, 0.717) is 22.6 Å².